The molecule has 0 bridgehead atoms. The smallest absolute Gasteiger partial charge is 0.341 e. The molecule has 7 nitrogen and oxygen atoms in total. The summed E-state index contributed by atoms with van der Waals surface area (Å²) in [5.74, 6) is -1.81. The predicted octanol–water partition coefficient (Wildman–Crippen LogP) is 2.45. The van der Waals surface area contributed by atoms with E-state index in [-0.39, 0.29) is 22.2 Å². The van der Waals surface area contributed by atoms with Crippen LogP contribution >= 0.6 is 0 Å². The summed E-state index contributed by atoms with van der Waals surface area (Å²) in [6.07, 6.45) is 0.788. The van der Waals surface area contributed by atoms with E-state index in [0.717, 1.165) is 37.1 Å². The number of benzene rings is 2. The highest BCUT2D eigenvalue weighted by Gasteiger charge is 2.28. The Morgan fingerprint density at radius 1 is 1.11 bits per heavy atom. The number of nitrogens with one attached hydrogen (secondary N) is 2. The molecule has 9 heteroatoms. The number of anilines is 1. The maximum Gasteiger partial charge on any atom is 0.341 e. The van der Waals surface area contributed by atoms with Crippen molar-refractivity contribution < 1.29 is 27.1 Å². The first-order chi connectivity index (χ1) is 13.3. The van der Waals surface area contributed by atoms with Gasteiger partial charge in [-0.05, 0) is 56.2 Å². The van der Waals surface area contributed by atoms with Gasteiger partial charge in [0, 0.05) is 6.04 Å². The van der Waals surface area contributed by atoms with Gasteiger partial charge in [0.2, 0.25) is 0 Å². The van der Waals surface area contributed by atoms with Crippen LogP contribution in [0.1, 0.15) is 30.1 Å². The Morgan fingerprint density at radius 2 is 1.75 bits per heavy atom. The molecule has 2 aromatic rings. The highest BCUT2D eigenvalue weighted by molar-refractivity contribution is 7.92. The SMILES string of the molecule is C[C@H](OC(=O)c1ccccc1NS(=O)(=O)c1ccc(F)cc1)C(=O)NC1CC1. The number of sulfonamides is 1. The fraction of sp³-hybridized carbons (Fsp3) is 0.263. The van der Waals surface area contributed by atoms with E-state index in [0.29, 0.717) is 0 Å². The Labute approximate surface area is 161 Å². The van der Waals surface area contributed by atoms with Crippen molar-refractivity contribution in [3.63, 3.8) is 0 Å². The lowest BCUT2D eigenvalue weighted by atomic mass is 10.2. The van der Waals surface area contributed by atoms with Crippen LogP contribution in [0, 0.1) is 5.82 Å². The number of carbonyl (C=O) groups is 2. The number of hydrogen-bond acceptors (Lipinski definition) is 5. The van der Waals surface area contributed by atoms with Crippen LogP contribution in [0.25, 0.3) is 0 Å². The van der Waals surface area contributed by atoms with Gasteiger partial charge in [-0.3, -0.25) is 9.52 Å². The Morgan fingerprint density at radius 3 is 2.39 bits per heavy atom. The van der Waals surface area contributed by atoms with Gasteiger partial charge in [-0.2, -0.15) is 0 Å². The molecule has 1 aliphatic rings. The second-order valence-corrected chi connectivity index (χ2v) is 8.12. The molecular weight excluding hydrogens is 387 g/mol. The lowest BCUT2D eigenvalue weighted by Gasteiger charge is -2.15. The van der Waals surface area contributed by atoms with Crippen LogP contribution in [0.2, 0.25) is 0 Å². The van der Waals surface area contributed by atoms with Crippen molar-refractivity contribution in [2.75, 3.05) is 4.72 Å². The summed E-state index contributed by atoms with van der Waals surface area (Å²) in [4.78, 5) is 24.3. The van der Waals surface area contributed by atoms with Crippen molar-refractivity contribution in [1.82, 2.24) is 5.32 Å². The topological polar surface area (TPSA) is 102 Å². The van der Waals surface area contributed by atoms with Gasteiger partial charge >= 0.3 is 5.97 Å². The lowest BCUT2D eigenvalue weighted by Crippen LogP contribution is -2.37. The van der Waals surface area contributed by atoms with Gasteiger partial charge in [-0.1, -0.05) is 12.1 Å². The Bertz CT molecular complexity index is 988. The minimum absolute atomic E-state index is 0.00775. The van der Waals surface area contributed by atoms with Gasteiger partial charge < -0.3 is 10.1 Å². The third-order valence-corrected chi connectivity index (χ3v) is 5.47. The average Bonchev–Trinajstić information content (AvgIpc) is 3.46. The largest absolute Gasteiger partial charge is 0.449 e. The lowest BCUT2D eigenvalue weighted by molar-refractivity contribution is -0.129. The molecule has 3 rings (SSSR count). The molecule has 0 unspecified atom stereocenters. The molecule has 0 aliphatic heterocycles. The summed E-state index contributed by atoms with van der Waals surface area (Å²) >= 11 is 0. The fourth-order valence-electron chi connectivity index (χ4n) is 2.39. The molecular formula is C19H19FN2O5S. The summed E-state index contributed by atoms with van der Waals surface area (Å²) in [5, 5.41) is 2.73. The van der Waals surface area contributed by atoms with E-state index in [1.54, 1.807) is 12.1 Å². The van der Waals surface area contributed by atoms with Crippen molar-refractivity contribution >= 4 is 27.6 Å². The fourth-order valence-corrected chi connectivity index (χ4v) is 3.47. The molecule has 1 amide bonds. The Balaban J connectivity index is 1.75. The van der Waals surface area contributed by atoms with Gasteiger partial charge in [-0.15, -0.1) is 0 Å². The molecule has 0 heterocycles. The van der Waals surface area contributed by atoms with Gasteiger partial charge in [-0.25, -0.2) is 17.6 Å². The average molecular weight is 406 g/mol. The number of ether oxygens (including phenoxy) is 1. The minimum atomic E-state index is -4.04. The van der Waals surface area contributed by atoms with E-state index in [4.69, 9.17) is 4.74 Å². The van der Waals surface area contributed by atoms with Crippen LogP contribution in [0.5, 0.6) is 0 Å². The molecule has 148 valence electrons. The highest BCUT2D eigenvalue weighted by Crippen LogP contribution is 2.22. The number of amides is 1. The standard InChI is InChI=1S/C19H19FN2O5S/c1-12(18(23)21-14-8-9-14)27-19(24)16-4-2-3-5-17(16)22-28(25,26)15-10-6-13(20)7-11-15/h2-7,10-12,14,22H,8-9H2,1H3,(H,21,23)/t12-/m0/s1. The number of carbonyl (C=O) groups excluding carboxylic acids is 2. The summed E-state index contributed by atoms with van der Waals surface area (Å²) < 4.78 is 45.5. The van der Waals surface area contributed by atoms with Gasteiger partial charge in [0.25, 0.3) is 15.9 Å². The molecule has 0 spiro atoms. The first-order valence-corrected chi connectivity index (χ1v) is 10.1. The quantitative estimate of drug-likeness (QED) is 0.688. The van der Waals surface area contributed by atoms with Crippen molar-refractivity contribution in [2.45, 2.75) is 36.8 Å². The second-order valence-electron chi connectivity index (χ2n) is 6.44. The Hall–Kier alpha value is -2.94. The van der Waals surface area contributed by atoms with E-state index in [1.807, 2.05) is 0 Å². The zero-order valence-electron chi connectivity index (χ0n) is 15.0. The third-order valence-electron chi connectivity index (χ3n) is 4.09. The zero-order chi connectivity index (χ0) is 20.3. The molecule has 0 saturated heterocycles. The molecule has 1 saturated carbocycles. The Kier molecular flexibility index (Phi) is 5.64. The number of hydrogen-bond donors (Lipinski definition) is 2. The van der Waals surface area contributed by atoms with Crippen LogP contribution in [-0.4, -0.2) is 32.4 Å². The van der Waals surface area contributed by atoms with E-state index >= 15 is 0 Å². The number of esters is 1. The molecule has 1 aliphatic carbocycles. The van der Waals surface area contributed by atoms with Crippen LogP contribution in [0.3, 0.4) is 0 Å². The van der Waals surface area contributed by atoms with Crippen molar-refractivity contribution in [3.8, 4) is 0 Å². The first kappa shape index (κ1) is 19.8. The van der Waals surface area contributed by atoms with Crippen LogP contribution in [-0.2, 0) is 19.6 Å². The van der Waals surface area contributed by atoms with Gasteiger partial charge in [0.1, 0.15) is 5.82 Å². The number of rotatable bonds is 7. The molecule has 2 N–H and O–H groups in total. The van der Waals surface area contributed by atoms with Crippen molar-refractivity contribution in [3.05, 3.63) is 59.9 Å². The van der Waals surface area contributed by atoms with E-state index < -0.39 is 33.8 Å². The van der Waals surface area contributed by atoms with Crippen LogP contribution < -0.4 is 10.0 Å². The summed E-state index contributed by atoms with van der Waals surface area (Å²) in [5.41, 5.74) is -0.0501. The van der Waals surface area contributed by atoms with Gasteiger partial charge in [0.05, 0.1) is 16.1 Å². The summed E-state index contributed by atoms with van der Waals surface area (Å²) in [6, 6.07) is 10.3. The van der Waals surface area contributed by atoms with Crippen LogP contribution in [0.4, 0.5) is 10.1 Å². The molecule has 0 aromatic heterocycles. The zero-order valence-corrected chi connectivity index (χ0v) is 15.8. The van der Waals surface area contributed by atoms with E-state index in [9.17, 15) is 22.4 Å². The third kappa shape index (κ3) is 4.86. The molecule has 0 radical (unpaired) electrons. The molecule has 1 atom stereocenters. The predicted molar refractivity (Wildman–Crippen MR) is 99.7 cm³/mol. The number of halogens is 1. The maximum atomic E-state index is 13.0. The maximum absolute atomic E-state index is 13.0. The summed E-state index contributed by atoms with van der Waals surface area (Å²) in [6.45, 7) is 1.45. The monoisotopic (exact) mass is 406 g/mol. The molecule has 1 fully saturated rings. The van der Waals surface area contributed by atoms with Crippen LogP contribution in [0.15, 0.2) is 53.4 Å². The molecule has 28 heavy (non-hydrogen) atoms. The molecule has 2 aromatic carbocycles. The summed E-state index contributed by atoms with van der Waals surface area (Å²) in [7, 11) is -4.04. The van der Waals surface area contributed by atoms with E-state index in [2.05, 4.69) is 10.0 Å². The highest BCUT2D eigenvalue weighted by atomic mass is 32.2. The first-order valence-electron chi connectivity index (χ1n) is 8.65. The van der Waals surface area contributed by atoms with Crippen molar-refractivity contribution in [1.29, 1.82) is 0 Å². The van der Waals surface area contributed by atoms with Crippen molar-refractivity contribution in [2.24, 2.45) is 0 Å². The van der Waals surface area contributed by atoms with Gasteiger partial charge in [0.15, 0.2) is 6.10 Å². The van der Waals surface area contributed by atoms with E-state index in [1.165, 1.54) is 19.1 Å². The number of para-hydroxylation sites is 1. The second kappa shape index (κ2) is 7.97. The normalized spacial score (nSPS) is 14.8. The minimum Gasteiger partial charge on any atom is -0.449 e.